The summed E-state index contributed by atoms with van der Waals surface area (Å²) in [4.78, 5) is 12.1. The summed E-state index contributed by atoms with van der Waals surface area (Å²) in [5, 5.41) is 5.94. The van der Waals surface area contributed by atoms with Gasteiger partial charge in [-0.3, -0.25) is 4.79 Å². The highest BCUT2D eigenvalue weighted by molar-refractivity contribution is 5.93. The Morgan fingerprint density at radius 3 is 2.17 bits per heavy atom. The van der Waals surface area contributed by atoms with Crippen LogP contribution in [0.5, 0.6) is 11.5 Å². The maximum absolute atomic E-state index is 12.1. The molecule has 2 aromatic carbocycles. The number of hydrogen-bond acceptors (Lipinski definition) is 4. The fraction of sp³-hybridized carbons (Fsp3) is 0.316. The van der Waals surface area contributed by atoms with Crippen LogP contribution < -0.4 is 20.1 Å². The SMILES string of the molecule is COc1ccc(NCC(=O)Nc2ccc(C(C)C)cc2)cc1OC. The smallest absolute Gasteiger partial charge is 0.243 e. The van der Waals surface area contributed by atoms with Gasteiger partial charge in [-0.2, -0.15) is 0 Å². The van der Waals surface area contributed by atoms with E-state index in [1.54, 1.807) is 26.4 Å². The Kier molecular flexibility index (Phi) is 6.07. The summed E-state index contributed by atoms with van der Waals surface area (Å²) in [6.45, 7) is 4.45. The quantitative estimate of drug-likeness (QED) is 0.810. The number of carbonyl (C=O) groups is 1. The van der Waals surface area contributed by atoms with E-state index in [1.807, 2.05) is 30.3 Å². The molecule has 5 heteroatoms. The Balaban J connectivity index is 1.91. The van der Waals surface area contributed by atoms with Crippen molar-refractivity contribution in [3.05, 3.63) is 48.0 Å². The number of carbonyl (C=O) groups excluding carboxylic acids is 1. The van der Waals surface area contributed by atoms with Crippen LogP contribution in [0.2, 0.25) is 0 Å². The molecule has 0 aliphatic heterocycles. The molecule has 5 nitrogen and oxygen atoms in total. The number of anilines is 2. The van der Waals surface area contributed by atoms with E-state index >= 15 is 0 Å². The largest absolute Gasteiger partial charge is 0.493 e. The molecule has 0 radical (unpaired) electrons. The molecule has 0 fully saturated rings. The van der Waals surface area contributed by atoms with E-state index in [4.69, 9.17) is 9.47 Å². The molecule has 0 saturated heterocycles. The van der Waals surface area contributed by atoms with Crippen molar-refractivity contribution in [1.29, 1.82) is 0 Å². The molecule has 0 spiro atoms. The van der Waals surface area contributed by atoms with E-state index in [-0.39, 0.29) is 12.5 Å². The Morgan fingerprint density at radius 1 is 0.958 bits per heavy atom. The Hall–Kier alpha value is -2.69. The zero-order chi connectivity index (χ0) is 17.5. The van der Waals surface area contributed by atoms with Crippen LogP contribution in [0.25, 0.3) is 0 Å². The molecule has 0 saturated carbocycles. The van der Waals surface area contributed by atoms with E-state index in [0.29, 0.717) is 17.4 Å². The molecule has 2 aromatic rings. The first-order chi connectivity index (χ1) is 11.5. The molecular formula is C19H24N2O3. The molecule has 0 aromatic heterocycles. The minimum atomic E-state index is -0.109. The molecule has 128 valence electrons. The minimum absolute atomic E-state index is 0.109. The van der Waals surface area contributed by atoms with Gasteiger partial charge in [0.2, 0.25) is 5.91 Å². The van der Waals surface area contributed by atoms with Crippen molar-refractivity contribution < 1.29 is 14.3 Å². The lowest BCUT2D eigenvalue weighted by Crippen LogP contribution is -2.21. The minimum Gasteiger partial charge on any atom is -0.493 e. The number of nitrogens with one attached hydrogen (secondary N) is 2. The van der Waals surface area contributed by atoms with Gasteiger partial charge in [0.25, 0.3) is 0 Å². The van der Waals surface area contributed by atoms with Gasteiger partial charge in [-0.1, -0.05) is 26.0 Å². The van der Waals surface area contributed by atoms with E-state index in [0.717, 1.165) is 11.4 Å². The lowest BCUT2D eigenvalue weighted by molar-refractivity contribution is -0.114. The maximum atomic E-state index is 12.1. The van der Waals surface area contributed by atoms with Crippen molar-refractivity contribution in [2.75, 3.05) is 31.4 Å². The monoisotopic (exact) mass is 328 g/mol. The zero-order valence-electron chi connectivity index (χ0n) is 14.6. The molecule has 24 heavy (non-hydrogen) atoms. The predicted octanol–water partition coefficient (Wildman–Crippen LogP) is 3.88. The number of ether oxygens (including phenoxy) is 2. The van der Waals surface area contributed by atoms with Crippen LogP contribution in [0.4, 0.5) is 11.4 Å². The first-order valence-electron chi connectivity index (χ1n) is 7.89. The standard InChI is InChI=1S/C19H24N2O3/c1-13(2)14-5-7-15(8-6-14)21-19(22)12-20-16-9-10-17(23-3)18(11-16)24-4/h5-11,13,20H,12H2,1-4H3,(H,21,22). The zero-order valence-corrected chi connectivity index (χ0v) is 14.6. The molecule has 0 aliphatic rings. The van der Waals surface area contributed by atoms with Crippen molar-refractivity contribution >= 4 is 17.3 Å². The van der Waals surface area contributed by atoms with Crippen molar-refractivity contribution in [3.8, 4) is 11.5 Å². The average molecular weight is 328 g/mol. The first kappa shape index (κ1) is 17.7. The summed E-state index contributed by atoms with van der Waals surface area (Å²) in [5.41, 5.74) is 2.83. The third-order valence-electron chi connectivity index (χ3n) is 3.70. The molecule has 0 atom stereocenters. The van der Waals surface area contributed by atoms with Crippen LogP contribution in [0, 0.1) is 0 Å². The number of methoxy groups -OCH3 is 2. The molecular weight excluding hydrogens is 304 g/mol. The Morgan fingerprint density at radius 2 is 1.58 bits per heavy atom. The van der Waals surface area contributed by atoms with Gasteiger partial charge in [0, 0.05) is 17.4 Å². The molecule has 1 amide bonds. The van der Waals surface area contributed by atoms with E-state index in [9.17, 15) is 4.79 Å². The molecule has 0 unspecified atom stereocenters. The maximum Gasteiger partial charge on any atom is 0.243 e. The Bertz CT molecular complexity index is 682. The van der Waals surface area contributed by atoms with Crippen molar-refractivity contribution in [1.82, 2.24) is 0 Å². The van der Waals surface area contributed by atoms with Crippen molar-refractivity contribution in [3.63, 3.8) is 0 Å². The molecule has 0 bridgehead atoms. The average Bonchev–Trinajstić information content (AvgIpc) is 2.60. The van der Waals surface area contributed by atoms with Gasteiger partial charge >= 0.3 is 0 Å². The third kappa shape index (κ3) is 4.65. The van der Waals surface area contributed by atoms with Crippen LogP contribution in [-0.4, -0.2) is 26.7 Å². The van der Waals surface area contributed by atoms with Gasteiger partial charge < -0.3 is 20.1 Å². The van der Waals surface area contributed by atoms with Gasteiger partial charge in [0.1, 0.15) is 0 Å². The highest BCUT2D eigenvalue weighted by Crippen LogP contribution is 2.29. The number of amides is 1. The van der Waals surface area contributed by atoms with Crippen molar-refractivity contribution in [2.45, 2.75) is 19.8 Å². The van der Waals surface area contributed by atoms with Crippen LogP contribution in [0.15, 0.2) is 42.5 Å². The number of hydrogen-bond donors (Lipinski definition) is 2. The lowest BCUT2D eigenvalue weighted by atomic mass is 10.0. The first-order valence-corrected chi connectivity index (χ1v) is 7.89. The summed E-state index contributed by atoms with van der Waals surface area (Å²) in [6.07, 6.45) is 0. The highest BCUT2D eigenvalue weighted by Gasteiger charge is 2.07. The highest BCUT2D eigenvalue weighted by atomic mass is 16.5. The van der Waals surface area contributed by atoms with Gasteiger partial charge in [-0.15, -0.1) is 0 Å². The third-order valence-corrected chi connectivity index (χ3v) is 3.70. The molecule has 0 heterocycles. The normalized spacial score (nSPS) is 10.4. The summed E-state index contributed by atoms with van der Waals surface area (Å²) < 4.78 is 10.4. The number of rotatable bonds is 7. The topological polar surface area (TPSA) is 59.6 Å². The van der Waals surface area contributed by atoms with Crippen LogP contribution in [0.1, 0.15) is 25.3 Å². The predicted molar refractivity (Wildman–Crippen MR) is 97.2 cm³/mol. The second kappa shape index (κ2) is 8.24. The van der Waals surface area contributed by atoms with Crippen LogP contribution >= 0.6 is 0 Å². The number of benzene rings is 2. The van der Waals surface area contributed by atoms with Gasteiger partial charge in [-0.25, -0.2) is 0 Å². The van der Waals surface area contributed by atoms with Crippen LogP contribution in [0.3, 0.4) is 0 Å². The summed E-state index contributed by atoms with van der Waals surface area (Å²) in [7, 11) is 3.16. The fourth-order valence-electron chi connectivity index (χ4n) is 2.29. The summed E-state index contributed by atoms with van der Waals surface area (Å²) >= 11 is 0. The second-order valence-electron chi connectivity index (χ2n) is 5.75. The van der Waals surface area contributed by atoms with Crippen molar-refractivity contribution in [2.24, 2.45) is 0 Å². The summed E-state index contributed by atoms with van der Waals surface area (Å²) in [5.74, 6) is 1.63. The van der Waals surface area contributed by atoms with Gasteiger partial charge in [0.15, 0.2) is 11.5 Å². The van der Waals surface area contributed by atoms with Gasteiger partial charge in [0.05, 0.1) is 20.8 Å². The van der Waals surface area contributed by atoms with Crippen LogP contribution in [-0.2, 0) is 4.79 Å². The lowest BCUT2D eigenvalue weighted by Gasteiger charge is -2.12. The molecule has 2 rings (SSSR count). The second-order valence-corrected chi connectivity index (χ2v) is 5.75. The van der Waals surface area contributed by atoms with E-state index < -0.39 is 0 Å². The summed E-state index contributed by atoms with van der Waals surface area (Å²) in [6, 6.07) is 13.3. The van der Waals surface area contributed by atoms with Gasteiger partial charge in [-0.05, 0) is 35.7 Å². The van der Waals surface area contributed by atoms with E-state index in [2.05, 4.69) is 24.5 Å². The molecule has 2 N–H and O–H groups in total. The Labute approximate surface area is 143 Å². The molecule has 0 aliphatic carbocycles. The fourth-order valence-corrected chi connectivity index (χ4v) is 2.29. The van der Waals surface area contributed by atoms with E-state index in [1.165, 1.54) is 5.56 Å².